The van der Waals surface area contributed by atoms with E-state index in [-0.39, 0.29) is 18.2 Å². The summed E-state index contributed by atoms with van der Waals surface area (Å²) >= 11 is 0. The van der Waals surface area contributed by atoms with Crippen molar-refractivity contribution in [3.05, 3.63) is 0 Å². The molecule has 2 atom stereocenters. The Bertz CT molecular complexity index is 201. The van der Waals surface area contributed by atoms with Crippen molar-refractivity contribution in [3.8, 4) is 0 Å². The molecule has 4 nitrogen and oxygen atoms in total. The first-order valence-corrected chi connectivity index (χ1v) is 5.83. The Morgan fingerprint density at radius 2 is 1.93 bits per heavy atom. The summed E-state index contributed by atoms with van der Waals surface area (Å²) in [6.45, 7) is 5.40. The van der Waals surface area contributed by atoms with E-state index in [0.717, 1.165) is 25.9 Å². The van der Waals surface area contributed by atoms with E-state index < -0.39 is 0 Å². The van der Waals surface area contributed by atoms with Crippen molar-refractivity contribution in [2.75, 3.05) is 13.1 Å². The van der Waals surface area contributed by atoms with Crippen LogP contribution in [-0.4, -0.2) is 41.3 Å². The second-order valence-electron chi connectivity index (χ2n) is 4.48. The summed E-state index contributed by atoms with van der Waals surface area (Å²) in [6, 6.07) is 0.0577. The van der Waals surface area contributed by atoms with E-state index >= 15 is 0 Å². The number of nitrogens with one attached hydrogen (secondary N) is 1. The fourth-order valence-electron chi connectivity index (χ4n) is 1.97. The minimum atomic E-state index is -0.360. The van der Waals surface area contributed by atoms with Gasteiger partial charge in [-0.25, -0.2) is 4.79 Å². The summed E-state index contributed by atoms with van der Waals surface area (Å²) in [5.74, 6) is 0. The molecule has 0 aliphatic carbocycles. The molecule has 1 aliphatic rings. The molecule has 0 radical (unpaired) electrons. The molecule has 88 valence electrons. The Hall–Kier alpha value is -0.770. The lowest BCUT2D eigenvalue weighted by molar-refractivity contribution is 0.160. The van der Waals surface area contributed by atoms with Gasteiger partial charge in [-0.2, -0.15) is 0 Å². The number of amides is 2. The Morgan fingerprint density at radius 1 is 1.33 bits per heavy atom. The van der Waals surface area contributed by atoms with Crippen LogP contribution in [0.15, 0.2) is 0 Å². The molecule has 2 amide bonds. The first kappa shape index (κ1) is 12.3. The number of rotatable bonds is 3. The molecule has 0 aromatic carbocycles. The molecule has 0 saturated carbocycles. The van der Waals surface area contributed by atoms with Crippen LogP contribution in [0, 0.1) is 0 Å². The highest BCUT2D eigenvalue weighted by atomic mass is 16.3. The number of likely N-dealkylation sites (tertiary alicyclic amines) is 1. The van der Waals surface area contributed by atoms with E-state index in [9.17, 15) is 9.90 Å². The van der Waals surface area contributed by atoms with Gasteiger partial charge < -0.3 is 15.3 Å². The summed E-state index contributed by atoms with van der Waals surface area (Å²) < 4.78 is 0. The van der Waals surface area contributed by atoms with Crippen molar-refractivity contribution in [1.29, 1.82) is 0 Å². The molecule has 2 N–H and O–H groups in total. The highest BCUT2D eigenvalue weighted by Crippen LogP contribution is 2.09. The van der Waals surface area contributed by atoms with Crippen LogP contribution in [0.1, 0.15) is 39.5 Å². The number of nitrogens with zero attached hydrogens (tertiary/aromatic N) is 1. The van der Waals surface area contributed by atoms with Gasteiger partial charge in [0, 0.05) is 19.1 Å². The molecule has 1 rings (SSSR count). The van der Waals surface area contributed by atoms with Crippen LogP contribution in [0.2, 0.25) is 0 Å². The number of aliphatic hydroxyl groups excluding tert-OH is 1. The monoisotopic (exact) mass is 214 g/mol. The van der Waals surface area contributed by atoms with Crippen LogP contribution >= 0.6 is 0 Å². The van der Waals surface area contributed by atoms with Gasteiger partial charge in [0.05, 0.1) is 6.10 Å². The van der Waals surface area contributed by atoms with E-state index in [0.29, 0.717) is 6.42 Å². The number of carbonyl (C=O) groups is 1. The molecular weight excluding hydrogens is 192 g/mol. The molecule has 0 bridgehead atoms. The average molecular weight is 214 g/mol. The predicted molar refractivity (Wildman–Crippen MR) is 59.7 cm³/mol. The number of piperidine rings is 1. The second kappa shape index (κ2) is 5.95. The summed E-state index contributed by atoms with van der Waals surface area (Å²) in [6.07, 6.45) is 3.70. The molecule has 4 heteroatoms. The normalized spacial score (nSPS) is 20.9. The third kappa shape index (κ3) is 4.51. The summed E-state index contributed by atoms with van der Waals surface area (Å²) in [5.41, 5.74) is 0. The van der Waals surface area contributed by atoms with E-state index in [1.165, 1.54) is 6.42 Å². The summed E-state index contributed by atoms with van der Waals surface area (Å²) in [5, 5.41) is 12.1. The van der Waals surface area contributed by atoms with Crippen molar-refractivity contribution in [2.24, 2.45) is 0 Å². The maximum Gasteiger partial charge on any atom is 0.317 e. The fourth-order valence-corrected chi connectivity index (χ4v) is 1.97. The SMILES string of the molecule is CC(O)CC(C)NC(=O)N1CCCCC1. The average Bonchev–Trinajstić information content (AvgIpc) is 2.17. The van der Waals surface area contributed by atoms with E-state index in [4.69, 9.17) is 0 Å². The van der Waals surface area contributed by atoms with Gasteiger partial charge in [-0.05, 0) is 39.5 Å². The first-order valence-electron chi connectivity index (χ1n) is 5.83. The zero-order valence-electron chi connectivity index (χ0n) is 9.70. The Labute approximate surface area is 91.6 Å². The summed E-state index contributed by atoms with van der Waals surface area (Å²) in [7, 11) is 0. The van der Waals surface area contributed by atoms with Crippen molar-refractivity contribution >= 4 is 6.03 Å². The largest absolute Gasteiger partial charge is 0.393 e. The minimum Gasteiger partial charge on any atom is -0.393 e. The second-order valence-corrected chi connectivity index (χ2v) is 4.48. The molecule has 1 saturated heterocycles. The lowest BCUT2D eigenvalue weighted by Gasteiger charge is -2.28. The van der Waals surface area contributed by atoms with Crippen molar-refractivity contribution in [2.45, 2.75) is 51.7 Å². The molecule has 0 aromatic rings. The van der Waals surface area contributed by atoms with Gasteiger partial charge >= 0.3 is 6.03 Å². The Morgan fingerprint density at radius 3 is 2.47 bits per heavy atom. The van der Waals surface area contributed by atoms with Gasteiger partial charge in [0.2, 0.25) is 0 Å². The quantitative estimate of drug-likeness (QED) is 0.745. The lowest BCUT2D eigenvalue weighted by Crippen LogP contribution is -2.46. The van der Waals surface area contributed by atoms with Crippen molar-refractivity contribution in [1.82, 2.24) is 10.2 Å². The molecule has 0 spiro atoms. The maximum atomic E-state index is 11.7. The van der Waals surface area contributed by atoms with Gasteiger partial charge in [-0.15, -0.1) is 0 Å². The number of urea groups is 1. The Kier molecular flexibility index (Phi) is 4.88. The van der Waals surface area contributed by atoms with Crippen LogP contribution < -0.4 is 5.32 Å². The molecule has 1 aliphatic heterocycles. The minimum absolute atomic E-state index is 0.0165. The van der Waals surface area contributed by atoms with E-state index in [2.05, 4.69) is 5.32 Å². The highest BCUT2D eigenvalue weighted by Gasteiger charge is 2.18. The molecule has 15 heavy (non-hydrogen) atoms. The molecule has 1 fully saturated rings. The molecular formula is C11H22N2O2. The number of hydrogen-bond acceptors (Lipinski definition) is 2. The summed E-state index contributed by atoms with van der Waals surface area (Å²) in [4.78, 5) is 13.6. The van der Waals surface area contributed by atoms with Gasteiger partial charge in [0.25, 0.3) is 0 Å². The third-order valence-electron chi connectivity index (χ3n) is 2.71. The van der Waals surface area contributed by atoms with Crippen LogP contribution in [0.4, 0.5) is 4.79 Å². The Balaban J connectivity index is 2.27. The number of carbonyl (C=O) groups excluding carboxylic acids is 1. The number of aliphatic hydroxyl groups is 1. The van der Waals surface area contributed by atoms with Gasteiger partial charge in [0.1, 0.15) is 0 Å². The van der Waals surface area contributed by atoms with Gasteiger partial charge in [-0.1, -0.05) is 0 Å². The van der Waals surface area contributed by atoms with Crippen molar-refractivity contribution < 1.29 is 9.90 Å². The zero-order chi connectivity index (χ0) is 11.3. The smallest absolute Gasteiger partial charge is 0.317 e. The number of hydrogen-bond donors (Lipinski definition) is 2. The van der Waals surface area contributed by atoms with Gasteiger partial charge in [0.15, 0.2) is 0 Å². The standard InChI is InChI=1S/C11H22N2O2/c1-9(8-10(2)14)12-11(15)13-6-4-3-5-7-13/h9-10,14H,3-8H2,1-2H3,(H,12,15). The van der Waals surface area contributed by atoms with Crippen LogP contribution in [0.25, 0.3) is 0 Å². The zero-order valence-corrected chi connectivity index (χ0v) is 9.70. The van der Waals surface area contributed by atoms with Crippen LogP contribution in [0.3, 0.4) is 0 Å². The molecule has 0 aromatic heterocycles. The predicted octanol–water partition coefficient (Wildman–Crippen LogP) is 1.34. The lowest BCUT2D eigenvalue weighted by atomic mass is 10.1. The maximum absolute atomic E-state index is 11.7. The first-order chi connectivity index (χ1) is 7.09. The van der Waals surface area contributed by atoms with Crippen LogP contribution in [0.5, 0.6) is 0 Å². The van der Waals surface area contributed by atoms with Gasteiger partial charge in [-0.3, -0.25) is 0 Å². The fraction of sp³-hybridized carbons (Fsp3) is 0.909. The van der Waals surface area contributed by atoms with E-state index in [1.807, 2.05) is 11.8 Å². The highest BCUT2D eigenvalue weighted by molar-refractivity contribution is 5.74. The van der Waals surface area contributed by atoms with E-state index in [1.54, 1.807) is 6.92 Å². The van der Waals surface area contributed by atoms with Crippen LogP contribution in [-0.2, 0) is 0 Å². The topological polar surface area (TPSA) is 52.6 Å². The molecule has 2 unspecified atom stereocenters. The third-order valence-corrected chi connectivity index (χ3v) is 2.71. The van der Waals surface area contributed by atoms with Crippen molar-refractivity contribution in [3.63, 3.8) is 0 Å². The molecule has 1 heterocycles.